The third kappa shape index (κ3) is 7.40. The Balaban J connectivity index is 1.89. The normalized spacial score (nSPS) is 16.1. The molecular weight excluding hydrogens is 447 g/mol. The smallest absolute Gasteiger partial charge is 0.325 e. The minimum Gasteiger partial charge on any atom is -0.325 e. The predicted molar refractivity (Wildman–Crippen MR) is 119 cm³/mol. The van der Waals surface area contributed by atoms with E-state index < -0.39 is 25.3 Å². The van der Waals surface area contributed by atoms with Crippen LogP contribution in [-0.2, 0) is 23.5 Å². The molecule has 1 fully saturated rings. The fraction of sp³-hybridized carbons (Fsp3) is 0.421. The van der Waals surface area contributed by atoms with Crippen LogP contribution in [0, 0.1) is 12.1 Å². The standard InChI is InChI=1S/C19H23N2O6PS2/c1-5-28(25,26-12-13-29-30-19(2,3)4)20-15-8-6-14(7-9-15)18(24)27-21-16(22)10-11-17(21)23/h1,6-9H,10-13H2,2-4H3,(H,20,25). The zero-order chi connectivity index (χ0) is 22.4. The van der Waals surface area contributed by atoms with Crippen LogP contribution in [0.5, 0.6) is 0 Å². The summed E-state index contributed by atoms with van der Waals surface area (Å²) >= 11 is 0. The summed E-state index contributed by atoms with van der Waals surface area (Å²) in [6, 6.07) is 5.74. The van der Waals surface area contributed by atoms with Crippen LogP contribution in [0.1, 0.15) is 44.0 Å². The van der Waals surface area contributed by atoms with Gasteiger partial charge < -0.3 is 14.4 Å². The molecule has 1 aromatic rings. The largest absolute Gasteiger partial charge is 0.367 e. The van der Waals surface area contributed by atoms with Crippen LogP contribution < -0.4 is 5.09 Å². The van der Waals surface area contributed by atoms with Crippen molar-refractivity contribution in [1.29, 1.82) is 0 Å². The molecule has 0 spiro atoms. The Hall–Kier alpha value is -1.92. The lowest BCUT2D eigenvalue weighted by Crippen LogP contribution is -2.32. The number of benzene rings is 1. The lowest BCUT2D eigenvalue weighted by molar-refractivity contribution is -0.172. The summed E-state index contributed by atoms with van der Waals surface area (Å²) in [7, 11) is -0.237. The number of nitrogens with zero attached hydrogens (tertiary/aromatic N) is 1. The summed E-state index contributed by atoms with van der Waals surface area (Å²) in [6.45, 7) is 6.50. The third-order valence-corrected chi connectivity index (χ3v) is 8.24. The maximum absolute atomic E-state index is 12.7. The number of terminal acetylenes is 1. The van der Waals surface area contributed by atoms with Crippen molar-refractivity contribution in [2.75, 3.05) is 17.4 Å². The van der Waals surface area contributed by atoms with E-state index >= 15 is 0 Å². The molecule has 1 aliphatic heterocycles. The first-order chi connectivity index (χ1) is 14.0. The van der Waals surface area contributed by atoms with Gasteiger partial charge >= 0.3 is 13.5 Å². The first-order valence-corrected chi connectivity index (χ1v) is 13.0. The molecule has 8 nitrogen and oxygen atoms in total. The van der Waals surface area contributed by atoms with Gasteiger partial charge in [-0.2, -0.15) is 0 Å². The van der Waals surface area contributed by atoms with Crippen LogP contribution in [0.4, 0.5) is 5.69 Å². The lowest BCUT2D eigenvalue weighted by Gasteiger charge is -2.18. The minimum atomic E-state index is -3.54. The van der Waals surface area contributed by atoms with Gasteiger partial charge in [0.1, 0.15) is 0 Å². The number of hydroxylamine groups is 2. The molecule has 1 saturated heterocycles. The number of hydrogen-bond donors (Lipinski definition) is 1. The zero-order valence-electron chi connectivity index (χ0n) is 16.9. The summed E-state index contributed by atoms with van der Waals surface area (Å²) in [4.78, 5) is 40.0. The molecule has 0 saturated carbocycles. The Bertz CT molecular complexity index is 876. The molecule has 1 N–H and O–H groups in total. The fourth-order valence-electron chi connectivity index (χ4n) is 2.16. The van der Waals surface area contributed by atoms with Gasteiger partial charge in [-0.25, -0.2) is 4.79 Å². The number of imide groups is 1. The summed E-state index contributed by atoms with van der Waals surface area (Å²) in [5, 5.41) is 3.15. The van der Waals surface area contributed by atoms with Crippen molar-refractivity contribution >= 4 is 52.6 Å². The van der Waals surface area contributed by atoms with Crippen molar-refractivity contribution in [3.05, 3.63) is 29.8 Å². The number of nitrogens with one attached hydrogen (secondary N) is 1. The van der Waals surface area contributed by atoms with Gasteiger partial charge in [-0.1, -0.05) is 42.4 Å². The summed E-state index contributed by atoms with van der Waals surface area (Å²) in [5.41, 5.74) is 2.66. The van der Waals surface area contributed by atoms with E-state index in [-0.39, 0.29) is 29.8 Å². The second-order valence-electron chi connectivity index (χ2n) is 7.18. The Morgan fingerprint density at radius 2 is 1.83 bits per heavy atom. The molecule has 11 heteroatoms. The Morgan fingerprint density at radius 1 is 1.23 bits per heavy atom. The summed E-state index contributed by atoms with van der Waals surface area (Å²) in [5.74, 6) is -1.35. The van der Waals surface area contributed by atoms with Crippen LogP contribution in [0.3, 0.4) is 0 Å². The molecule has 1 aliphatic rings. The van der Waals surface area contributed by atoms with Gasteiger partial charge in [-0.05, 0) is 24.3 Å². The van der Waals surface area contributed by atoms with Crippen molar-refractivity contribution < 1.29 is 28.3 Å². The highest BCUT2D eigenvalue weighted by Gasteiger charge is 2.33. The van der Waals surface area contributed by atoms with Gasteiger partial charge in [0, 0.05) is 34.7 Å². The molecule has 1 aromatic carbocycles. The van der Waals surface area contributed by atoms with Crippen molar-refractivity contribution in [3.63, 3.8) is 0 Å². The number of rotatable bonds is 9. The van der Waals surface area contributed by atoms with Gasteiger partial charge in [0.2, 0.25) is 0 Å². The lowest BCUT2D eigenvalue weighted by atomic mass is 10.2. The number of amides is 2. The molecular formula is C19H23N2O6PS2. The van der Waals surface area contributed by atoms with E-state index in [0.29, 0.717) is 16.5 Å². The van der Waals surface area contributed by atoms with Crippen LogP contribution in [0.25, 0.3) is 0 Å². The monoisotopic (exact) mass is 470 g/mol. The Kier molecular flexibility index (Phi) is 8.44. The van der Waals surface area contributed by atoms with Gasteiger partial charge in [0.05, 0.1) is 12.2 Å². The van der Waals surface area contributed by atoms with Crippen LogP contribution in [0.2, 0.25) is 0 Å². The van der Waals surface area contributed by atoms with Crippen LogP contribution in [-0.4, -0.2) is 40.0 Å². The average Bonchev–Trinajstić information content (AvgIpc) is 2.99. The van der Waals surface area contributed by atoms with E-state index in [1.807, 2.05) is 0 Å². The van der Waals surface area contributed by atoms with Crippen molar-refractivity contribution in [2.45, 2.75) is 38.4 Å². The van der Waals surface area contributed by atoms with Crippen LogP contribution in [0.15, 0.2) is 24.3 Å². The second kappa shape index (κ2) is 10.4. The molecule has 30 heavy (non-hydrogen) atoms. The van der Waals surface area contributed by atoms with Crippen molar-refractivity contribution in [3.8, 4) is 12.1 Å². The topological polar surface area (TPSA) is 102 Å². The Labute approximate surface area is 183 Å². The molecule has 1 heterocycles. The summed E-state index contributed by atoms with van der Waals surface area (Å²) in [6.07, 6.45) is 5.41. The number of carbonyl (C=O) groups is 3. The number of hydrogen-bond acceptors (Lipinski definition) is 8. The molecule has 0 radical (unpaired) electrons. The van der Waals surface area contributed by atoms with Crippen molar-refractivity contribution in [1.82, 2.24) is 5.06 Å². The van der Waals surface area contributed by atoms with E-state index in [4.69, 9.17) is 15.8 Å². The van der Waals surface area contributed by atoms with E-state index in [1.54, 1.807) is 21.6 Å². The highest BCUT2D eigenvalue weighted by molar-refractivity contribution is 8.77. The maximum atomic E-state index is 12.7. The average molecular weight is 471 g/mol. The molecule has 0 aromatic heterocycles. The third-order valence-electron chi connectivity index (χ3n) is 3.50. The van der Waals surface area contributed by atoms with E-state index in [9.17, 15) is 18.9 Å². The highest BCUT2D eigenvalue weighted by atomic mass is 33.1. The van der Waals surface area contributed by atoms with E-state index in [0.717, 1.165) is 0 Å². The molecule has 0 aliphatic carbocycles. The molecule has 162 valence electrons. The summed E-state index contributed by atoms with van der Waals surface area (Å²) < 4.78 is 18.2. The molecule has 0 bridgehead atoms. The molecule has 2 amide bonds. The zero-order valence-corrected chi connectivity index (χ0v) is 19.4. The second-order valence-corrected chi connectivity index (χ2v) is 12.3. The molecule has 1 atom stereocenters. The first-order valence-electron chi connectivity index (χ1n) is 9.02. The van der Waals surface area contributed by atoms with Gasteiger partial charge in [0.15, 0.2) is 0 Å². The number of anilines is 1. The van der Waals surface area contributed by atoms with E-state index in [2.05, 4.69) is 31.5 Å². The van der Waals surface area contributed by atoms with E-state index in [1.165, 1.54) is 24.3 Å². The molecule has 1 unspecified atom stereocenters. The molecule has 2 rings (SSSR count). The number of carbonyl (C=O) groups excluding carboxylic acids is 3. The van der Waals surface area contributed by atoms with Gasteiger partial charge in [0.25, 0.3) is 11.8 Å². The van der Waals surface area contributed by atoms with Crippen molar-refractivity contribution in [2.24, 2.45) is 0 Å². The first kappa shape index (κ1) is 24.4. The van der Waals surface area contributed by atoms with Gasteiger partial charge in [-0.15, -0.1) is 11.5 Å². The van der Waals surface area contributed by atoms with Gasteiger partial charge in [-0.3, -0.25) is 14.2 Å². The van der Waals surface area contributed by atoms with Crippen LogP contribution >= 0.6 is 29.1 Å². The highest BCUT2D eigenvalue weighted by Crippen LogP contribution is 2.46. The maximum Gasteiger partial charge on any atom is 0.367 e. The Morgan fingerprint density at radius 3 is 2.37 bits per heavy atom. The SMILES string of the molecule is C#CP(=O)(Nc1ccc(C(=O)ON2C(=O)CCC2=O)cc1)OCCSSC(C)(C)C. The quantitative estimate of drug-likeness (QED) is 0.186. The predicted octanol–water partition coefficient (Wildman–Crippen LogP) is 4.30. The minimum absolute atomic E-state index is 0.0176. The fourth-order valence-corrected chi connectivity index (χ4v) is 5.43.